The SMILES string of the molecule is O=C(C1=NN(C2CCS(=O)(=O)C2)C(=O)CC1)N1CCCN(Cc2ccc(Cl)cc2)CC1. The van der Waals surface area contributed by atoms with Crippen molar-refractivity contribution in [2.45, 2.75) is 38.3 Å². The van der Waals surface area contributed by atoms with Crippen LogP contribution in [-0.4, -0.2) is 84.5 Å². The molecule has 168 valence electrons. The van der Waals surface area contributed by atoms with Crippen LogP contribution in [0.5, 0.6) is 0 Å². The molecule has 0 spiro atoms. The quantitative estimate of drug-likeness (QED) is 0.671. The molecule has 3 aliphatic heterocycles. The van der Waals surface area contributed by atoms with Crippen LogP contribution in [0, 0.1) is 0 Å². The van der Waals surface area contributed by atoms with E-state index in [0.717, 1.165) is 26.1 Å². The number of sulfone groups is 1. The molecular formula is C21H27ClN4O4S. The van der Waals surface area contributed by atoms with Gasteiger partial charge in [-0.3, -0.25) is 14.5 Å². The van der Waals surface area contributed by atoms with E-state index in [2.05, 4.69) is 10.0 Å². The minimum absolute atomic E-state index is 0.0653. The second-order valence-electron chi connectivity index (χ2n) is 8.39. The van der Waals surface area contributed by atoms with Crippen LogP contribution in [-0.2, 0) is 26.0 Å². The van der Waals surface area contributed by atoms with Crippen LogP contribution in [0.4, 0.5) is 0 Å². The van der Waals surface area contributed by atoms with Crippen LogP contribution in [0.15, 0.2) is 29.4 Å². The van der Waals surface area contributed by atoms with Gasteiger partial charge in [-0.25, -0.2) is 13.4 Å². The van der Waals surface area contributed by atoms with E-state index in [1.807, 2.05) is 24.3 Å². The number of hydrazone groups is 1. The average Bonchev–Trinajstić information content (AvgIpc) is 2.95. The Morgan fingerprint density at radius 3 is 2.58 bits per heavy atom. The van der Waals surface area contributed by atoms with Crippen molar-refractivity contribution >= 4 is 39.0 Å². The molecule has 2 saturated heterocycles. The lowest BCUT2D eigenvalue weighted by atomic mass is 10.1. The highest BCUT2D eigenvalue weighted by molar-refractivity contribution is 7.91. The van der Waals surface area contributed by atoms with Crippen LogP contribution in [0.3, 0.4) is 0 Å². The van der Waals surface area contributed by atoms with Gasteiger partial charge >= 0.3 is 0 Å². The minimum Gasteiger partial charge on any atom is -0.336 e. The molecule has 1 aromatic rings. The first-order valence-electron chi connectivity index (χ1n) is 10.7. The van der Waals surface area contributed by atoms with Crippen LogP contribution < -0.4 is 0 Å². The van der Waals surface area contributed by atoms with E-state index >= 15 is 0 Å². The van der Waals surface area contributed by atoms with Gasteiger partial charge in [-0.2, -0.15) is 5.10 Å². The van der Waals surface area contributed by atoms with Gasteiger partial charge in [0.2, 0.25) is 5.91 Å². The molecule has 3 aliphatic rings. The van der Waals surface area contributed by atoms with Crippen LogP contribution in [0.1, 0.15) is 31.2 Å². The Bertz CT molecular complexity index is 980. The molecule has 0 saturated carbocycles. The Balaban J connectivity index is 1.39. The Labute approximate surface area is 187 Å². The summed E-state index contributed by atoms with van der Waals surface area (Å²) in [5, 5.41) is 6.30. The Morgan fingerprint density at radius 1 is 1.10 bits per heavy atom. The third kappa shape index (κ3) is 5.45. The number of nitrogens with zero attached hydrogens (tertiary/aromatic N) is 4. The van der Waals surface area contributed by atoms with Crippen molar-refractivity contribution in [3.05, 3.63) is 34.9 Å². The summed E-state index contributed by atoms with van der Waals surface area (Å²) in [6, 6.07) is 7.34. The van der Waals surface area contributed by atoms with E-state index in [9.17, 15) is 18.0 Å². The monoisotopic (exact) mass is 466 g/mol. The average molecular weight is 467 g/mol. The summed E-state index contributed by atoms with van der Waals surface area (Å²) in [7, 11) is -3.14. The fourth-order valence-electron chi connectivity index (χ4n) is 4.34. The molecule has 10 heteroatoms. The van der Waals surface area contributed by atoms with E-state index in [1.54, 1.807) is 4.90 Å². The van der Waals surface area contributed by atoms with Crippen molar-refractivity contribution in [1.82, 2.24) is 14.8 Å². The second kappa shape index (κ2) is 9.26. The predicted molar refractivity (Wildman–Crippen MR) is 118 cm³/mol. The zero-order valence-corrected chi connectivity index (χ0v) is 18.9. The third-order valence-electron chi connectivity index (χ3n) is 6.06. The molecule has 0 bridgehead atoms. The lowest BCUT2D eigenvalue weighted by Gasteiger charge is -2.29. The molecule has 31 heavy (non-hydrogen) atoms. The van der Waals surface area contributed by atoms with Crippen molar-refractivity contribution in [2.24, 2.45) is 5.10 Å². The maximum absolute atomic E-state index is 13.1. The highest BCUT2D eigenvalue weighted by atomic mass is 35.5. The van der Waals surface area contributed by atoms with Gasteiger partial charge in [-0.1, -0.05) is 23.7 Å². The molecule has 4 rings (SSSR count). The van der Waals surface area contributed by atoms with Gasteiger partial charge < -0.3 is 4.90 Å². The number of carbonyl (C=O) groups is 2. The molecular weight excluding hydrogens is 440 g/mol. The van der Waals surface area contributed by atoms with Crippen molar-refractivity contribution in [3.8, 4) is 0 Å². The lowest BCUT2D eigenvalue weighted by Crippen LogP contribution is -2.45. The maximum atomic E-state index is 13.1. The summed E-state index contributed by atoms with van der Waals surface area (Å²) >= 11 is 5.96. The minimum atomic E-state index is -3.14. The molecule has 2 amide bonds. The van der Waals surface area contributed by atoms with Crippen molar-refractivity contribution in [3.63, 3.8) is 0 Å². The van der Waals surface area contributed by atoms with Gasteiger partial charge in [0.25, 0.3) is 5.91 Å². The highest BCUT2D eigenvalue weighted by Crippen LogP contribution is 2.23. The first-order valence-corrected chi connectivity index (χ1v) is 12.9. The van der Waals surface area contributed by atoms with E-state index < -0.39 is 15.9 Å². The standard InChI is InChI=1S/C21H27ClN4O4S/c22-17-4-2-16(3-5-17)14-24-9-1-10-25(12-11-24)21(28)19-6-7-20(27)26(23-19)18-8-13-31(29,30)15-18/h2-5,18H,1,6-15H2. The van der Waals surface area contributed by atoms with Crippen molar-refractivity contribution in [2.75, 3.05) is 37.7 Å². The number of rotatable bonds is 4. The van der Waals surface area contributed by atoms with E-state index in [-0.39, 0.29) is 29.7 Å². The van der Waals surface area contributed by atoms with Crippen molar-refractivity contribution < 1.29 is 18.0 Å². The molecule has 0 N–H and O–H groups in total. The number of hydrogen-bond donors (Lipinski definition) is 0. The third-order valence-corrected chi connectivity index (χ3v) is 8.06. The fourth-order valence-corrected chi connectivity index (χ4v) is 6.16. The van der Waals surface area contributed by atoms with Gasteiger partial charge in [0.05, 0.1) is 17.5 Å². The van der Waals surface area contributed by atoms with Crippen LogP contribution in [0.25, 0.3) is 0 Å². The Morgan fingerprint density at radius 2 is 1.87 bits per heavy atom. The first kappa shape index (κ1) is 22.2. The summed E-state index contributed by atoms with van der Waals surface area (Å²) in [6.45, 7) is 3.69. The topological polar surface area (TPSA) is 90.4 Å². The van der Waals surface area contributed by atoms with Gasteiger partial charge in [0.1, 0.15) is 5.71 Å². The number of halogens is 1. The maximum Gasteiger partial charge on any atom is 0.270 e. The smallest absolute Gasteiger partial charge is 0.270 e. The number of carbonyl (C=O) groups excluding carboxylic acids is 2. The van der Waals surface area contributed by atoms with Crippen molar-refractivity contribution in [1.29, 1.82) is 0 Å². The van der Waals surface area contributed by atoms with E-state index in [1.165, 1.54) is 10.6 Å². The second-order valence-corrected chi connectivity index (χ2v) is 11.1. The fraction of sp³-hybridized carbons (Fsp3) is 0.571. The summed E-state index contributed by atoms with van der Waals surface area (Å²) < 4.78 is 23.6. The van der Waals surface area contributed by atoms with Gasteiger partial charge in [-0.05, 0) is 30.5 Å². The van der Waals surface area contributed by atoms with E-state index in [0.29, 0.717) is 36.7 Å². The molecule has 0 aliphatic carbocycles. The summed E-state index contributed by atoms with van der Waals surface area (Å²) in [4.78, 5) is 29.5. The lowest BCUT2D eigenvalue weighted by molar-refractivity contribution is -0.134. The molecule has 1 aromatic carbocycles. The molecule has 2 fully saturated rings. The van der Waals surface area contributed by atoms with Gasteiger partial charge in [0, 0.05) is 50.6 Å². The number of benzene rings is 1. The summed E-state index contributed by atoms with van der Waals surface area (Å²) in [5.74, 6) is -0.363. The number of hydrogen-bond acceptors (Lipinski definition) is 6. The predicted octanol–water partition coefficient (Wildman–Crippen LogP) is 1.54. The molecule has 3 heterocycles. The molecule has 0 aromatic heterocycles. The Kier molecular flexibility index (Phi) is 6.64. The summed E-state index contributed by atoms with van der Waals surface area (Å²) in [6.07, 6.45) is 1.73. The zero-order chi connectivity index (χ0) is 22.0. The van der Waals surface area contributed by atoms with Crippen LogP contribution >= 0.6 is 11.6 Å². The highest BCUT2D eigenvalue weighted by Gasteiger charge is 2.38. The molecule has 1 unspecified atom stereocenters. The van der Waals surface area contributed by atoms with Gasteiger partial charge in [0.15, 0.2) is 9.84 Å². The van der Waals surface area contributed by atoms with Gasteiger partial charge in [-0.15, -0.1) is 0 Å². The molecule has 8 nitrogen and oxygen atoms in total. The molecule has 0 radical (unpaired) electrons. The first-order chi connectivity index (χ1) is 14.8. The molecule has 1 atom stereocenters. The zero-order valence-electron chi connectivity index (χ0n) is 17.4. The number of amides is 2. The Hall–Kier alpha value is -1.97. The normalized spacial score (nSPS) is 24.7. The summed E-state index contributed by atoms with van der Waals surface area (Å²) in [5.41, 5.74) is 1.54. The van der Waals surface area contributed by atoms with Crippen LogP contribution in [0.2, 0.25) is 5.02 Å². The largest absolute Gasteiger partial charge is 0.336 e. The van der Waals surface area contributed by atoms with E-state index in [4.69, 9.17) is 11.6 Å².